The highest BCUT2D eigenvalue weighted by atomic mass is 32.2. The van der Waals surface area contributed by atoms with Gasteiger partial charge in [0.2, 0.25) is 10.0 Å². The first kappa shape index (κ1) is 24.8. The van der Waals surface area contributed by atoms with Crippen LogP contribution in [0.5, 0.6) is 11.5 Å². The van der Waals surface area contributed by atoms with E-state index in [1.807, 2.05) is 4.90 Å². The molecule has 1 aromatic rings. The molecule has 10 heteroatoms. The van der Waals surface area contributed by atoms with Crippen LogP contribution in [0, 0.1) is 5.92 Å². The van der Waals surface area contributed by atoms with Gasteiger partial charge in [0.1, 0.15) is 0 Å². The van der Waals surface area contributed by atoms with Crippen molar-refractivity contribution in [2.75, 3.05) is 39.5 Å². The average molecular weight is 495 g/mol. The molecule has 1 aromatic carbocycles. The number of ether oxygens (including phenoxy) is 3. The summed E-state index contributed by atoms with van der Waals surface area (Å²) in [4.78, 5) is 27.1. The topological polar surface area (TPSA) is 102 Å². The van der Waals surface area contributed by atoms with Gasteiger partial charge < -0.3 is 19.1 Å². The molecule has 0 spiro atoms. The first-order valence-corrected chi connectivity index (χ1v) is 13.7. The molecule has 0 aromatic heterocycles. The van der Waals surface area contributed by atoms with Crippen molar-refractivity contribution in [3.05, 3.63) is 18.2 Å². The third-order valence-corrected chi connectivity index (χ3v) is 8.80. The maximum atomic E-state index is 13.1. The van der Waals surface area contributed by atoms with E-state index in [1.54, 1.807) is 6.07 Å². The van der Waals surface area contributed by atoms with Crippen molar-refractivity contribution in [2.24, 2.45) is 5.92 Å². The second-order valence-corrected chi connectivity index (χ2v) is 11.0. The zero-order valence-corrected chi connectivity index (χ0v) is 20.6. The number of rotatable bonds is 6. The van der Waals surface area contributed by atoms with Gasteiger partial charge >= 0.3 is 5.97 Å². The number of hydrogen-bond donors (Lipinski definition) is 0. The number of nitrogens with zero attached hydrogens (tertiary/aromatic N) is 2. The molecule has 2 saturated heterocycles. The maximum Gasteiger partial charge on any atom is 0.309 e. The van der Waals surface area contributed by atoms with Crippen LogP contribution in [0.3, 0.4) is 0 Å². The fourth-order valence-corrected chi connectivity index (χ4v) is 6.36. The van der Waals surface area contributed by atoms with E-state index in [2.05, 4.69) is 6.92 Å². The molecule has 3 heterocycles. The molecule has 2 fully saturated rings. The van der Waals surface area contributed by atoms with Gasteiger partial charge in [0, 0.05) is 38.2 Å². The minimum atomic E-state index is -3.72. The van der Waals surface area contributed by atoms with Crippen LogP contribution >= 0.6 is 0 Å². The highest BCUT2D eigenvalue weighted by Gasteiger charge is 2.34. The number of sulfonamides is 1. The predicted octanol–water partition coefficient (Wildman–Crippen LogP) is 2.58. The summed E-state index contributed by atoms with van der Waals surface area (Å²) in [7, 11) is -3.72. The van der Waals surface area contributed by atoms with E-state index >= 15 is 0 Å². The Labute approximate surface area is 201 Å². The average Bonchev–Trinajstić information content (AvgIpc) is 3.12. The fourth-order valence-electron chi connectivity index (χ4n) is 4.87. The summed E-state index contributed by atoms with van der Waals surface area (Å²) in [6, 6.07) is 4.88. The summed E-state index contributed by atoms with van der Waals surface area (Å²) in [5.41, 5.74) is 0. The molecule has 1 unspecified atom stereocenters. The lowest BCUT2D eigenvalue weighted by Crippen LogP contribution is -2.46. The van der Waals surface area contributed by atoms with Gasteiger partial charge in [-0.2, -0.15) is 4.31 Å². The van der Waals surface area contributed by atoms with Gasteiger partial charge in [-0.05, 0) is 50.7 Å². The zero-order chi connectivity index (χ0) is 24.1. The summed E-state index contributed by atoms with van der Waals surface area (Å²) >= 11 is 0. The largest absolute Gasteiger partial charge is 0.490 e. The van der Waals surface area contributed by atoms with Crippen LogP contribution in [0.2, 0.25) is 0 Å². The quantitative estimate of drug-likeness (QED) is 0.560. The molecule has 0 N–H and O–H groups in total. The van der Waals surface area contributed by atoms with Crippen LogP contribution in [-0.4, -0.2) is 75.0 Å². The van der Waals surface area contributed by atoms with Crippen LogP contribution in [-0.2, 0) is 24.3 Å². The van der Waals surface area contributed by atoms with Gasteiger partial charge in [-0.25, -0.2) is 8.42 Å². The standard InChI is InChI=1S/C24H34N2O7S/c1-2-19-6-3-4-11-26(19)23(27)17-33-24(28)18-9-12-25(13-10-18)34(29,30)20-7-8-21-22(16-20)32-15-5-14-31-21/h7-8,16,18-19H,2-6,9-15,17H2,1H3. The Kier molecular flexibility index (Phi) is 7.98. The molecule has 1 amide bonds. The number of amides is 1. The molecule has 188 valence electrons. The minimum absolute atomic E-state index is 0.144. The first-order valence-electron chi connectivity index (χ1n) is 12.3. The molecule has 4 rings (SSSR count). The van der Waals surface area contributed by atoms with Crippen molar-refractivity contribution in [1.29, 1.82) is 0 Å². The van der Waals surface area contributed by atoms with Crippen molar-refractivity contribution < 1.29 is 32.2 Å². The van der Waals surface area contributed by atoms with E-state index in [4.69, 9.17) is 14.2 Å². The highest BCUT2D eigenvalue weighted by Crippen LogP contribution is 2.34. The Morgan fingerprint density at radius 1 is 1.00 bits per heavy atom. The predicted molar refractivity (Wildman–Crippen MR) is 124 cm³/mol. The Bertz CT molecular complexity index is 989. The number of fused-ring (bicyclic) bond motifs is 1. The molecule has 1 atom stereocenters. The fraction of sp³-hybridized carbons (Fsp3) is 0.667. The summed E-state index contributed by atoms with van der Waals surface area (Å²) in [6.45, 7) is 3.98. The molecule has 0 saturated carbocycles. The zero-order valence-electron chi connectivity index (χ0n) is 19.7. The van der Waals surface area contributed by atoms with Gasteiger partial charge in [-0.1, -0.05) is 6.92 Å². The Morgan fingerprint density at radius 3 is 2.47 bits per heavy atom. The van der Waals surface area contributed by atoms with Crippen molar-refractivity contribution in [3.63, 3.8) is 0 Å². The molecular formula is C24H34N2O7S. The number of benzene rings is 1. The van der Waals surface area contributed by atoms with Gasteiger partial charge in [0.05, 0.1) is 24.0 Å². The third-order valence-electron chi connectivity index (χ3n) is 6.90. The number of hydrogen-bond acceptors (Lipinski definition) is 7. The number of carbonyl (C=O) groups is 2. The van der Waals surface area contributed by atoms with E-state index in [1.165, 1.54) is 16.4 Å². The van der Waals surface area contributed by atoms with Crippen LogP contribution in [0.1, 0.15) is 51.9 Å². The molecule has 3 aliphatic rings. The highest BCUT2D eigenvalue weighted by molar-refractivity contribution is 7.89. The summed E-state index contributed by atoms with van der Waals surface area (Å²) in [5, 5.41) is 0. The molecule has 0 radical (unpaired) electrons. The monoisotopic (exact) mass is 494 g/mol. The van der Waals surface area contributed by atoms with Crippen molar-refractivity contribution in [2.45, 2.75) is 62.8 Å². The van der Waals surface area contributed by atoms with E-state index < -0.39 is 21.9 Å². The van der Waals surface area contributed by atoms with Gasteiger partial charge in [-0.15, -0.1) is 0 Å². The molecule has 3 aliphatic heterocycles. The van der Waals surface area contributed by atoms with E-state index in [9.17, 15) is 18.0 Å². The molecule has 9 nitrogen and oxygen atoms in total. The molecule has 0 bridgehead atoms. The number of carbonyl (C=O) groups excluding carboxylic acids is 2. The second-order valence-electron chi connectivity index (χ2n) is 9.09. The van der Waals surface area contributed by atoms with Gasteiger partial charge in [-0.3, -0.25) is 9.59 Å². The Morgan fingerprint density at radius 2 is 1.74 bits per heavy atom. The van der Waals surface area contributed by atoms with Gasteiger partial charge in [0.15, 0.2) is 18.1 Å². The Hall–Kier alpha value is -2.33. The summed E-state index contributed by atoms with van der Waals surface area (Å²) in [6.07, 6.45) is 5.45. The number of likely N-dealkylation sites (tertiary alicyclic amines) is 1. The summed E-state index contributed by atoms with van der Waals surface area (Å²) in [5.74, 6) is -0.00491. The van der Waals surface area contributed by atoms with E-state index in [0.29, 0.717) is 44.1 Å². The summed E-state index contributed by atoms with van der Waals surface area (Å²) < 4.78 is 44.2. The lowest BCUT2D eigenvalue weighted by atomic mass is 9.98. The van der Waals surface area contributed by atoms with Crippen LogP contribution < -0.4 is 9.47 Å². The SMILES string of the molecule is CCC1CCCCN1C(=O)COC(=O)C1CCN(S(=O)(=O)c2ccc3c(c2)OCCCO3)CC1. The van der Waals surface area contributed by atoms with Crippen molar-refractivity contribution in [3.8, 4) is 11.5 Å². The first-order chi connectivity index (χ1) is 16.4. The lowest BCUT2D eigenvalue weighted by Gasteiger charge is -2.35. The van der Waals surface area contributed by atoms with Crippen LogP contribution in [0.15, 0.2) is 23.1 Å². The van der Waals surface area contributed by atoms with E-state index in [0.717, 1.165) is 32.1 Å². The molecule has 34 heavy (non-hydrogen) atoms. The van der Waals surface area contributed by atoms with Gasteiger partial charge in [0.25, 0.3) is 5.91 Å². The van der Waals surface area contributed by atoms with Crippen molar-refractivity contribution in [1.82, 2.24) is 9.21 Å². The lowest BCUT2D eigenvalue weighted by molar-refractivity contribution is -0.157. The van der Waals surface area contributed by atoms with Crippen LogP contribution in [0.25, 0.3) is 0 Å². The van der Waals surface area contributed by atoms with Crippen LogP contribution in [0.4, 0.5) is 0 Å². The Balaban J connectivity index is 1.30. The van der Waals surface area contributed by atoms with E-state index in [-0.39, 0.29) is 36.5 Å². The number of esters is 1. The second kappa shape index (κ2) is 10.9. The molecule has 0 aliphatic carbocycles. The normalized spacial score (nSPS) is 22.1. The minimum Gasteiger partial charge on any atom is -0.490 e. The smallest absolute Gasteiger partial charge is 0.309 e. The molecular weight excluding hydrogens is 460 g/mol. The maximum absolute atomic E-state index is 13.1. The third kappa shape index (κ3) is 5.49. The van der Waals surface area contributed by atoms with Crippen molar-refractivity contribution >= 4 is 21.9 Å². The number of piperidine rings is 2.